The molecule has 1 aliphatic carbocycles. The van der Waals surface area contributed by atoms with Crippen LogP contribution in [0.2, 0.25) is 0 Å². The molecule has 2 amide bonds. The Kier molecular flexibility index (Phi) is 6.12. The molecule has 0 saturated heterocycles. The minimum atomic E-state index is -0.987. The van der Waals surface area contributed by atoms with Crippen LogP contribution in [-0.2, 0) is 9.59 Å². The molecule has 30 heavy (non-hydrogen) atoms. The summed E-state index contributed by atoms with van der Waals surface area (Å²) < 4.78 is 0. The molecule has 0 radical (unpaired) electrons. The van der Waals surface area contributed by atoms with Crippen LogP contribution in [0, 0.1) is 25.7 Å². The van der Waals surface area contributed by atoms with Gasteiger partial charge >= 0.3 is 5.97 Å². The molecule has 0 fully saturated rings. The lowest BCUT2D eigenvalue weighted by Crippen LogP contribution is -2.36. The predicted octanol–water partition coefficient (Wildman–Crippen LogP) is 4.52. The van der Waals surface area contributed by atoms with E-state index < -0.39 is 29.6 Å². The number of carbonyl (C=O) groups excluding carboxylic acids is 2. The third-order valence-electron chi connectivity index (χ3n) is 6.01. The molecule has 3 rings (SSSR count). The Bertz CT molecular complexity index is 1070. The van der Waals surface area contributed by atoms with Gasteiger partial charge in [-0.1, -0.05) is 29.3 Å². The number of nitrogens with two attached hydrogens (primary N) is 1. The Labute approximate surface area is 179 Å². The highest BCUT2D eigenvalue weighted by Gasteiger charge is 2.37. The molecule has 2 atom stereocenters. The van der Waals surface area contributed by atoms with Gasteiger partial charge in [-0.2, -0.15) is 0 Å². The molecule has 0 bridgehead atoms. The van der Waals surface area contributed by atoms with Crippen molar-refractivity contribution >= 4 is 34.1 Å². The van der Waals surface area contributed by atoms with Gasteiger partial charge in [0.05, 0.1) is 17.4 Å². The minimum absolute atomic E-state index is 0.253. The number of benzene rings is 1. The van der Waals surface area contributed by atoms with Crippen molar-refractivity contribution in [3.8, 4) is 11.1 Å². The molecule has 2 aromatic rings. The Hall–Kier alpha value is -2.93. The van der Waals surface area contributed by atoms with Gasteiger partial charge in [0.2, 0.25) is 5.91 Å². The molecule has 7 heteroatoms. The van der Waals surface area contributed by atoms with Crippen LogP contribution in [0.3, 0.4) is 0 Å². The van der Waals surface area contributed by atoms with E-state index in [4.69, 9.17) is 5.73 Å². The van der Waals surface area contributed by atoms with Crippen molar-refractivity contribution in [3.63, 3.8) is 0 Å². The van der Waals surface area contributed by atoms with Crippen LogP contribution in [-0.4, -0.2) is 22.9 Å². The number of rotatable bonds is 5. The first-order valence-corrected chi connectivity index (χ1v) is 10.7. The number of nitrogens with one attached hydrogen (secondary N) is 1. The van der Waals surface area contributed by atoms with Gasteiger partial charge in [0.1, 0.15) is 5.00 Å². The van der Waals surface area contributed by atoms with E-state index in [1.54, 1.807) is 5.38 Å². The van der Waals surface area contributed by atoms with E-state index in [0.717, 1.165) is 27.8 Å². The maximum Gasteiger partial charge on any atom is 0.307 e. The number of thiophene rings is 1. The fourth-order valence-electron chi connectivity index (χ4n) is 3.85. The SMILES string of the molecule is CC1=C(C)C[C@H](C(=O)Nc2scc(-c3ccc(C)c(C)c3)c2C(N)=O)[C@@H](C(=O)O)C1. The van der Waals surface area contributed by atoms with Crippen molar-refractivity contribution in [2.24, 2.45) is 17.6 Å². The molecule has 1 aromatic carbocycles. The summed E-state index contributed by atoms with van der Waals surface area (Å²) in [6.45, 7) is 7.82. The maximum atomic E-state index is 13.0. The van der Waals surface area contributed by atoms with E-state index in [1.165, 1.54) is 11.3 Å². The molecule has 0 aliphatic heterocycles. The molecule has 4 N–H and O–H groups in total. The largest absolute Gasteiger partial charge is 0.481 e. The summed E-state index contributed by atoms with van der Waals surface area (Å²) in [7, 11) is 0. The highest BCUT2D eigenvalue weighted by molar-refractivity contribution is 7.15. The monoisotopic (exact) mass is 426 g/mol. The average molecular weight is 427 g/mol. The zero-order chi connectivity index (χ0) is 22.2. The average Bonchev–Trinajstić information content (AvgIpc) is 3.09. The van der Waals surface area contributed by atoms with Gasteiger partial charge in [0.25, 0.3) is 5.91 Å². The molecular formula is C23H26N2O4S. The van der Waals surface area contributed by atoms with Crippen LogP contribution in [0.5, 0.6) is 0 Å². The first kappa shape index (κ1) is 21.8. The number of carboxylic acid groups (broad SMARTS) is 1. The quantitative estimate of drug-likeness (QED) is 0.611. The third kappa shape index (κ3) is 4.16. The second kappa shape index (κ2) is 8.44. The smallest absolute Gasteiger partial charge is 0.307 e. The van der Waals surface area contributed by atoms with Crippen molar-refractivity contribution in [2.75, 3.05) is 5.32 Å². The Morgan fingerprint density at radius 1 is 1.03 bits per heavy atom. The molecule has 0 saturated carbocycles. The van der Waals surface area contributed by atoms with Crippen molar-refractivity contribution in [1.29, 1.82) is 0 Å². The van der Waals surface area contributed by atoms with E-state index in [2.05, 4.69) is 5.32 Å². The zero-order valence-corrected chi connectivity index (χ0v) is 18.4. The van der Waals surface area contributed by atoms with Crippen molar-refractivity contribution in [3.05, 3.63) is 51.4 Å². The van der Waals surface area contributed by atoms with Gasteiger partial charge < -0.3 is 16.2 Å². The van der Waals surface area contributed by atoms with Gasteiger partial charge in [0, 0.05) is 10.9 Å². The maximum absolute atomic E-state index is 13.0. The molecular weight excluding hydrogens is 400 g/mol. The molecule has 1 heterocycles. The number of anilines is 1. The van der Waals surface area contributed by atoms with E-state index in [-0.39, 0.29) is 5.56 Å². The van der Waals surface area contributed by atoms with Crippen LogP contribution in [0.25, 0.3) is 11.1 Å². The number of hydrogen-bond acceptors (Lipinski definition) is 4. The lowest BCUT2D eigenvalue weighted by molar-refractivity contribution is -0.146. The topological polar surface area (TPSA) is 109 Å². The second-order valence-corrected chi connectivity index (χ2v) is 8.91. The summed E-state index contributed by atoms with van der Waals surface area (Å²) in [5.41, 5.74) is 11.7. The number of allylic oxidation sites excluding steroid dienone is 2. The van der Waals surface area contributed by atoms with Crippen molar-refractivity contribution in [1.82, 2.24) is 0 Å². The summed E-state index contributed by atoms with van der Waals surface area (Å²) in [4.78, 5) is 37.0. The summed E-state index contributed by atoms with van der Waals surface area (Å²) >= 11 is 1.22. The number of amides is 2. The predicted molar refractivity (Wildman–Crippen MR) is 119 cm³/mol. The lowest BCUT2D eigenvalue weighted by Gasteiger charge is -2.29. The highest BCUT2D eigenvalue weighted by Crippen LogP contribution is 2.39. The van der Waals surface area contributed by atoms with E-state index in [0.29, 0.717) is 23.4 Å². The normalized spacial score (nSPS) is 18.9. The van der Waals surface area contributed by atoms with Crippen LogP contribution in [0.15, 0.2) is 34.7 Å². The molecule has 158 valence electrons. The number of carbonyl (C=O) groups is 3. The van der Waals surface area contributed by atoms with Gasteiger partial charge in [-0.15, -0.1) is 11.3 Å². The van der Waals surface area contributed by atoms with Crippen LogP contribution >= 0.6 is 11.3 Å². The van der Waals surface area contributed by atoms with Gasteiger partial charge in [-0.3, -0.25) is 14.4 Å². The first-order chi connectivity index (χ1) is 14.1. The number of primary amides is 1. The fourth-order valence-corrected chi connectivity index (χ4v) is 4.83. The number of hydrogen-bond donors (Lipinski definition) is 3. The number of aryl methyl sites for hydroxylation is 2. The standard InChI is InChI=1S/C23H26N2O4S/c1-11-5-6-15(7-12(11)2)18-10-30-22(19(18)20(24)26)25-21(27)16-8-13(3)14(4)9-17(16)23(28)29/h5-7,10,16-17H,8-9H2,1-4H3,(H2,24,26)(H,25,27)(H,28,29)/t16-,17-/m0/s1. The molecule has 6 nitrogen and oxygen atoms in total. The van der Waals surface area contributed by atoms with Crippen molar-refractivity contribution < 1.29 is 19.5 Å². The van der Waals surface area contributed by atoms with Gasteiger partial charge in [-0.05, 0) is 57.2 Å². The Morgan fingerprint density at radius 2 is 1.67 bits per heavy atom. The zero-order valence-electron chi connectivity index (χ0n) is 17.5. The molecule has 0 unspecified atom stereocenters. The minimum Gasteiger partial charge on any atom is -0.481 e. The van der Waals surface area contributed by atoms with Crippen LogP contribution in [0.4, 0.5) is 5.00 Å². The lowest BCUT2D eigenvalue weighted by atomic mass is 9.76. The van der Waals surface area contributed by atoms with E-state index >= 15 is 0 Å². The summed E-state index contributed by atoms with van der Waals surface area (Å²) in [6, 6.07) is 5.87. The fraction of sp³-hybridized carbons (Fsp3) is 0.348. The Morgan fingerprint density at radius 3 is 2.23 bits per heavy atom. The van der Waals surface area contributed by atoms with Crippen LogP contribution < -0.4 is 11.1 Å². The Balaban J connectivity index is 1.94. The number of aliphatic carboxylic acids is 1. The molecule has 1 aromatic heterocycles. The highest BCUT2D eigenvalue weighted by atomic mass is 32.1. The number of carboxylic acids is 1. The third-order valence-corrected chi connectivity index (χ3v) is 6.91. The van der Waals surface area contributed by atoms with Gasteiger partial charge in [-0.25, -0.2) is 0 Å². The van der Waals surface area contributed by atoms with Crippen LogP contribution in [0.1, 0.15) is 48.2 Å². The second-order valence-electron chi connectivity index (χ2n) is 8.03. The first-order valence-electron chi connectivity index (χ1n) is 9.78. The van der Waals surface area contributed by atoms with E-state index in [1.807, 2.05) is 45.9 Å². The summed E-state index contributed by atoms with van der Waals surface area (Å²) in [5.74, 6) is -3.50. The summed E-state index contributed by atoms with van der Waals surface area (Å²) in [6.07, 6.45) is 0.732. The summed E-state index contributed by atoms with van der Waals surface area (Å²) in [5, 5.41) is 14.5. The molecule has 1 aliphatic rings. The van der Waals surface area contributed by atoms with Gasteiger partial charge in [0.15, 0.2) is 0 Å². The van der Waals surface area contributed by atoms with Crippen molar-refractivity contribution in [2.45, 2.75) is 40.5 Å². The van der Waals surface area contributed by atoms with E-state index in [9.17, 15) is 19.5 Å². The molecule has 0 spiro atoms.